The van der Waals surface area contributed by atoms with Crippen LogP contribution in [0.5, 0.6) is 0 Å². The molecule has 1 aliphatic rings. The average Bonchev–Trinajstić information content (AvgIpc) is 2.78. The summed E-state index contributed by atoms with van der Waals surface area (Å²) in [5, 5.41) is 20.2. The summed E-state index contributed by atoms with van der Waals surface area (Å²) in [5.74, 6) is -0.132. The van der Waals surface area contributed by atoms with Crippen LogP contribution in [0.15, 0.2) is 18.2 Å². The molecule has 1 aromatic rings. The normalized spacial score (nSPS) is 18.6. The SMILES string of the molecule is O=C(Cc1ccc([N+](=O)[O-])cc1Cl)N1CC[C@@H](O)C1. The molecule has 1 fully saturated rings. The summed E-state index contributed by atoms with van der Waals surface area (Å²) in [7, 11) is 0. The molecule has 1 saturated heterocycles. The minimum atomic E-state index is -0.533. The number of aliphatic hydroxyl groups excluding tert-OH is 1. The summed E-state index contributed by atoms with van der Waals surface area (Å²) < 4.78 is 0. The third kappa shape index (κ3) is 3.21. The van der Waals surface area contributed by atoms with E-state index in [2.05, 4.69) is 0 Å². The molecule has 6 nitrogen and oxygen atoms in total. The van der Waals surface area contributed by atoms with Crippen molar-refractivity contribution >= 4 is 23.2 Å². The number of amides is 1. The molecule has 19 heavy (non-hydrogen) atoms. The lowest BCUT2D eigenvalue weighted by molar-refractivity contribution is -0.384. The number of aliphatic hydroxyl groups is 1. The van der Waals surface area contributed by atoms with Gasteiger partial charge in [0.2, 0.25) is 5.91 Å². The Labute approximate surface area is 114 Å². The lowest BCUT2D eigenvalue weighted by Gasteiger charge is -2.15. The number of benzene rings is 1. The zero-order chi connectivity index (χ0) is 14.0. The van der Waals surface area contributed by atoms with Crippen molar-refractivity contribution in [2.45, 2.75) is 18.9 Å². The van der Waals surface area contributed by atoms with Gasteiger partial charge < -0.3 is 10.0 Å². The van der Waals surface area contributed by atoms with E-state index < -0.39 is 11.0 Å². The van der Waals surface area contributed by atoms with Crippen molar-refractivity contribution < 1.29 is 14.8 Å². The maximum absolute atomic E-state index is 12.0. The van der Waals surface area contributed by atoms with Gasteiger partial charge in [-0.25, -0.2) is 0 Å². The smallest absolute Gasteiger partial charge is 0.270 e. The van der Waals surface area contributed by atoms with Gasteiger partial charge in [-0.15, -0.1) is 0 Å². The molecule has 0 bridgehead atoms. The Morgan fingerprint density at radius 1 is 1.58 bits per heavy atom. The molecule has 7 heteroatoms. The van der Waals surface area contributed by atoms with Crippen LogP contribution in [0, 0.1) is 10.1 Å². The second-order valence-electron chi connectivity index (χ2n) is 4.49. The van der Waals surface area contributed by atoms with Crippen LogP contribution in [-0.4, -0.2) is 40.0 Å². The molecule has 1 atom stereocenters. The number of β-amino-alcohol motifs (C(OH)–C–C–N with tert-alkyl or cyclic N) is 1. The van der Waals surface area contributed by atoms with Crippen molar-refractivity contribution in [3.8, 4) is 0 Å². The summed E-state index contributed by atoms with van der Waals surface area (Å²) in [6.45, 7) is 0.869. The summed E-state index contributed by atoms with van der Waals surface area (Å²) in [6.07, 6.45) is 0.208. The highest BCUT2D eigenvalue weighted by molar-refractivity contribution is 6.31. The minimum Gasteiger partial charge on any atom is -0.391 e. The fourth-order valence-corrected chi connectivity index (χ4v) is 2.28. The van der Waals surface area contributed by atoms with Crippen LogP contribution in [0.2, 0.25) is 5.02 Å². The van der Waals surface area contributed by atoms with Crippen molar-refractivity contribution in [1.82, 2.24) is 4.90 Å². The standard InChI is InChI=1S/C12H13ClN2O4/c13-11-6-9(15(18)19)2-1-8(11)5-12(17)14-4-3-10(16)7-14/h1-2,6,10,16H,3-5,7H2/t10-/m1/s1. The molecule has 0 aromatic heterocycles. The van der Waals surface area contributed by atoms with E-state index in [9.17, 15) is 20.0 Å². The molecule has 0 saturated carbocycles. The number of non-ortho nitro benzene ring substituents is 1. The van der Waals surface area contributed by atoms with Gasteiger partial charge in [0, 0.05) is 25.2 Å². The largest absolute Gasteiger partial charge is 0.391 e. The van der Waals surface area contributed by atoms with E-state index >= 15 is 0 Å². The number of nitrogens with zero attached hydrogens (tertiary/aromatic N) is 2. The Kier molecular flexibility index (Phi) is 4.01. The molecule has 1 aromatic carbocycles. The monoisotopic (exact) mass is 284 g/mol. The van der Waals surface area contributed by atoms with Crippen LogP contribution >= 0.6 is 11.6 Å². The van der Waals surface area contributed by atoms with E-state index in [-0.39, 0.29) is 23.0 Å². The predicted molar refractivity (Wildman–Crippen MR) is 69.0 cm³/mol. The van der Waals surface area contributed by atoms with E-state index in [1.807, 2.05) is 0 Å². The first-order valence-electron chi connectivity index (χ1n) is 5.86. The molecule has 0 unspecified atom stereocenters. The number of likely N-dealkylation sites (tertiary alicyclic amines) is 1. The van der Waals surface area contributed by atoms with E-state index in [1.54, 1.807) is 4.90 Å². The first-order valence-corrected chi connectivity index (χ1v) is 6.24. The second kappa shape index (κ2) is 5.54. The number of nitro benzene ring substituents is 1. The number of halogens is 1. The van der Waals surface area contributed by atoms with Gasteiger partial charge in [-0.1, -0.05) is 17.7 Å². The van der Waals surface area contributed by atoms with Gasteiger partial charge in [-0.3, -0.25) is 14.9 Å². The molecular weight excluding hydrogens is 272 g/mol. The molecule has 1 heterocycles. The van der Waals surface area contributed by atoms with Crippen LogP contribution in [-0.2, 0) is 11.2 Å². The Hall–Kier alpha value is -1.66. The summed E-state index contributed by atoms with van der Waals surface area (Å²) in [5.41, 5.74) is 0.455. The van der Waals surface area contributed by atoms with Crippen LogP contribution in [0.4, 0.5) is 5.69 Å². The van der Waals surface area contributed by atoms with Gasteiger partial charge in [0.15, 0.2) is 0 Å². The van der Waals surface area contributed by atoms with Crippen LogP contribution in [0.1, 0.15) is 12.0 Å². The highest BCUT2D eigenvalue weighted by Gasteiger charge is 2.25. The fraction of sp³-hybridized carbons (Fsp3) is 0.417. The number of carbonyl (C=O) groups is 1. The lowest BCUT2D eigenvalue weighted by Crippen LogP contribution is -2.30. The van der Waals surface area contributed by atoms with Crippen molar-refractivity contribution in [2.75, 3.05) is 13.1 Å². The highest BCUT2D eigenvalue weighted by Crippen LogP contribution is 2.23. The van der Waals surface area contributed by atoms with Crippen molar-refractivity contribution in [3.05, 3.63) is 38.9 Å². The first-order chi connectivity index (χ1) is 8.97. The number of hydrogen-bond acceptors (Lipinski definition) is 4. The maximum atomic E-state index is 12.0. The van der Waals surface area contributed by atoms with Crippen LogP contribution in [0.3, 0.4) is 0 Å². The Morgan fingerprint density at radius 2 is 2.32 bits per heavy atom. The molecule has 0 aliphatic carbocycles. The van der Waals surface area contributed by atoms with Gasteiger partial charge in [-0.2, -0.15) is 0 Å². The predicted octanol–water partition coefficient (Wildman–Crippen LogP) is 1.38. The number of hydrogen-bond donors (Lipinski definition) is 1. The van der Waals surface area contributed by atoms with E-state index in [0.717, 1.165) is 0 Å². The molecule has 0 spiro atoms. The van der Waals surface area contributed by atoms with E-state index in [1.165, 1.54) is 18.2 Å². The summed E-state index contributed by atoms with van der Waals surface area (Å²) in [4.78, 5) is 23.6. The van der Waals surface area contributed by atoms with Gasteiger partial charge in [-0.05, 0) is 12.0 Å². The molecule has 2 rings (SSSR count). The molecule has 0 radical (unpaired) electrons. The minimum absolute atomic E-state index is 0.0869. The Balaban J connectivity index is 2.07. The van der Waals surface area contributed by atoms with Crippen molar-refractivity contribution in [2.24, 2.45) is 0 Å². The highest BCUT2D eigenvalue weighted by atomic mass is 35.5. The molecule has 1 aliphatic heterocycles. The van der Waals surface area contributed by atoms with Gasteiger partial charge in [0.1, 0.15) is 0 Å². The van der Waals surface area contributed by atoms with E-state index in [0.29, 0.717) is 25.1 Å². The van der Waals surface area contributed by atoms with Crippen molar-refractivity contribution in [3.63, 3.8) is 0 Å². The third-order valence-electron chi connectivity index (χ3n) is 3.11. The van der Waals surface area contributed by atoms with Gasteiger partial charge in [0.05, 0.1) is 22.5 Å². The first kappa shape index (κ1) is 13.8. The number of nitro groups is 1. The Bertz CT molecular complexity index is 520. The third-order valence-corrected chi connectivity index (χ3v) is 3.46. The molecular formula is C12H13ClN2O4. The zero-order valence-electron chi connectivity index (χ0n) is 10.1. The van der Waals surface area contributed by atoms with Gasteiger partial charge >= 0.3 is 0 Å². The van der Waals surface area contributed by atoms with Crippen molar-refractivity contribution in [1.29, 1.82) is 0 Å². The second-order valence-corrected chi connectivity index (χ2v) is 4.90. The molecule has 1 amide bonds. The Morgan fingerprint density at radius 3 is 2.84 bits per heavy atom. The maximum Gasteiger partial charge on any atom is 0.270 e. The summed E-state index contributed by atoms with van der Waals surface area (Å²) in [6, 6.07) is 4.06. The molecule has 102 valence electrons. The quantitative estimate of drug-likeness (QED) is 0.671. The van der Waals surface area contributed by atoms with Crippen LogP contribution in [0.25, 0.3) is 0 Å². The zero-order valence-corrected chi connectivity index (χ0v) is 10.8. The number of rotatable bonds is 3. The molecule has 1 N–H and O–H groups in total. The van der Waals surface area contributed by atoms with E-state index in [4.69, 9.17) is 11.6 Å². The lowest BCUT2D eigenvalue weighted by atomic mass is 10.1. The topological polar surface area (TPSA) is 83.7 Å². The average molecular weight is 285 g/mol. The summed E-state index contributed by atoms with van der Waals surface area (Å²) >= 11 is 5.93. The van der Waals surface area contributed by atoms with Gasteiger partial charge in [0.25, 0.3) is 5.69 Å². The number of carbonyl (C=O) groups excluding carboxylic acids is 1. The fourth-order valence-electron chi connectivity index (χ4n) is 2.04. The van der Waals surface area contributed by atoms with Crippen LogP contribution < -0.4 is 0 Å².